The number of carbonyl (C=O) groups is 1. The standard InChI is InChI=1S/C16H25N3O/c1-11-7-9-19(10-8-11)13(3)16(20)18-15-6-4-5-14(17)12(15)2/h4-6,11,13H,7-10,17H2,1-3H3,(H,18,20). The summed E-state index contributed by atoms with van der Waals surface area (Å²) >= 11 is 0. The summed E-state index contributed by atoms with van der Waals surface area (Å²) in [4.78, 5) is 14.6. The Morgan fingerprint density at radius 3 is 2.70 bits per heavy atom. The molecule has 1 saturated heterocycles. The Morgan fingerprint density at radius 2 is 2.05 bits per heavy atom. The summed E-state index contributed by atoms with van der Waals surface area (Å²) in [5.74, 6) is 0.825. The number of hydrogen-bond donors (Lipinski definition) is 2. The third-order valence-electron chi connectivity index (χ3n) is 4.38. The zero-order valence-electron chi connectivity index (χ0n) is 12.6. The molecule has 0 bridgehead atoms. The predicted molar refractivity (Wildman–Crippen MR) is 83.7 cm³/mol. The molecule has 0 aliphatic carbocycles. The molecule has 20 heavy (non-hydrogen) atoms. The molecule has 1 aromatic carbocycles. The summed E-state index contributed by atoms with van der Waals surface area (Å²) in [6.07, 6.45) is 2.35. The second-order valence-corrected chi connectivity index (χ2v) is 5.90. The van der Waals surface area contributed by atoms with Crippen LogP contribution in [0.5, 0.6) is 0 Å². The fourth-order valence-electron chi connectivity index (χ4n) is 2.61. The number of nitrogens with zero attached hydrogens (tertiary/aromatic N) is 1. The van der Waals surface area contributed by atoms with Gasteiger partial charge in [-0.25, -0.2) is 0 Å². The van der Waals surface area contributed by atoms with Crippen LogP contribution in [-0.4, -0.2) is 29.9 Å². The van der Waals surface area contributed by atoms with E-state index < -0.39 is 0 Å². The minimum Gasteiger partial charge on any atom is -0.398 e. The number of hydrogen-bond acceptors (Lipinski definition) is 3. The van der Waals surface area contributed by atoms with Crippen molar-refractivity contribution < 1.29 is 4.79 Å². The van der Waals surface area contributed by atoms with Crippen molar-refractivity contribution in [2.45, 2.75) is 39.7 Å². The number of nitrogens with one attached hydrogen (secondary N) is 1. The summed E-state index contributed by atoms with van der Waals surface area (Å²) in [6, 6.07) is 5.52. The molecule has 0 saturated carbocycles. The first-order valence-electron chi connectivity index (χ1n) is 7.39. The van der Waals surface area contributed by atoms with Gasteiger partial charge in [0.05, 0.1) is 6.04 Å². The van der Waals surface area contributed by atoms with E-state index in [4.69, 9.17) is 5.73 Å². The van der Waals surface area contributed by atoms with Crippen molar-refractivity contribution in [3.05, 3.63) is 23.8 Å². The van der Waals surface area contributed by atoms with Crippen molar-refractivity contribution in [2.24, 2.45) is 5.92 Å². The molecule has 0 radical (unpaired) electrons. The monoisotopic (exact) mass is 275 g/mol. The maximum Gasteiger partial charge on any atom is 0.241 e. The van der Waals surface area contributed by atoms with Gasteiger partial charge in [-0.1, -0.05) is 13.0 Å². The lowest BCUT2D eigenvalue weighted by Gasteiger charge is -2.34. The fraction of sp³-hybridized carbons (Fsp3) is 0.562. The number of amides is 1. The van der Waals surface area contributed by atoms with Gasteiger partial charge in [-0.15, -0.1) is 0 Å². The van der Waals surface area contributed by atoms with E-state index in [-0.39, 0.29) is 11.9 Å². The van der Waals surface area contributed by atoms with Crippen LogP contribution in [0.25, 0.3) is 0 Å². The summed E-state index contributed by atoms with van der Waals surface area (Å²) in [5.41, 5.74) is 8.32. The minimum absolute atomic E-state index is 0.0493. The molecule has 1 heterocycles. The van der Waals surface area contributed by atoms with E-state index in [1.165, 1.54) is 12.8 Å². The Hall–Kier alpha value is -1.55. The zero-order chi connectivity index (χ0) is 14.7. The van der Waals surface area contributed by atoms with Gasteiger partial charge in [-0.05, 0) is 63.4 Å². The SMILES string of the molecule is Cc1c(N)cccc1NC(=O)C(C)N1CCC(C)CC1. The van der Waals surface area contributed by atoms with Gasteiger partial charge in [0.15, 0.2) is 0 Å². The highest BCUT2D eigenvalue weighted by Crippen LogP contribution is 2.22. The van der Waals surface area contributed by atoms with Crippen LogP contribution in [0.4, 0.5) is 11.4 Å². The number of anilines is 2. The Balaban J connectivity index is 1.99. The highest BCUT2D eigenvalue weighted by molar-refractivity contribution is 5.95. The van der Waals surface area contributed by atoms with Crippen molar-refractivity contribution in [2.75, 3.05) is 24.1 Å². The molecule has 1 fully saturated rings. The average Bonchev–Trinajstić information content (AvgIpc) is 2.44. The van der Waals surface area contributed by atoms with Gasteiger partial charge in [0.25, 0.3) is 0 Å². The first-order valence-corrected chi connectivity index (χ1v) is 7.39. The lowest BCUT2D eigenvalue weighted by atomic mass is 9.98. The molecule has 1 atom stereocenters. The van der Waals surface area contributed by atoms with E-state index >= 15 is 0 Å². The molecule has 1 amide bonds. The Bertz CT molecular complexity index is 479. The summed E-state index contributed by atoms with van der Waals surface area (Å²) in [5, 5.41) is 3.00. The molecule has 0 spiro atoms. The Labute approximate surface area is 121 Å². The third-order valence-corrected chi connectivity index (χ3v) is 4.38. The van der Waals surface area contributed by atoms with Crippen molar-refractivity contribution in [3.8, 4) is 0 Å². The summed E-state index contributed by atoms with van der Waals surface area (Å²) < 4.78 is 0. The van der Waals surface area contributed by atoms with E-state index in [1.807, 2.05) is 32.0 Å². The van der Waals surface area contributed by atoms with Gasteiger partial charge in [-0.2, -0.15) is 0 Å². The van der Waals surface area contributed by atoms with Crippen LogP contribution in [0.2, 0.25) is 0 Å². The van der Waals surface area contributed by atoms with Crippen LogP contribution in [0.15, 0.2) is 18.2 Å². The van der Waals surface area contributed by atoms with E-state index in [0.717, 1.165) is 30.3 Å². The zero-order valence-corrected chi connectivity index (χ0v) is 12.6. The van der Waals surface area contributed by atoms with Crippen molar-refractivity contribution >= 4 is 17.3 Å². The third kappa shape index (κ3) is 3.31. The minimum atomic E-state index is -0.0941. The summed E-state index contributed by atoms with van der Waals surface area (Å²) in [6.45, 7) is 8.20. The van der Waals surface area contributed by atoms with Crippen LogP contribution in [-0.2, 0) is 4.79 Å². The number of benzene rings is 1. The van der Waals surface area contributed by atoms with Gasteiger partial charge >= 0.3 is 0 Å². The van der Waals surface area contributed by atoms with Crippen molar-refractivity contribution in [3.63, 3.8) is 0 Å². The molecule has 0 aromatic heterocycles. The topological polar surface area (TPSA) is 58.4 Å². The fourth-order valence-corrected chi connectivity index (χ4v) is 2.61. The van der Waals surface area contributed by atoms with E-state index in [0.29, 0.717) is 5.69 Å². The molecule has 4 heteroatoms. The molecule has 3 N–H and O–H groups in total. The molecule has 2 rings (SSSR count). The Morgan fingerprint density at radius 1 is 1.40 bits per heavy atom. The van der Waals surface area contributed by atoms with Gasteiger partial charge < -0.3 is 11.1 Å². The molecule has 1 aliphatic rings. The van der Waals surface area contributed by atoms with Crippen LogP contribution >= 0.6 is 0 Å². The normalized spacial score (nSPS) is 18.8. The van der Waals surface area contributed by atoms with Gasteiger partial charge in [0.2, 0.25) is 5.91 Å². The molecule has 4 nitrogen and oxygen atoms in total. The molecule has 1 aliphatic heterocycles. The largest absolute Gasteiger partial charge is 0.398 e. The molecule has 1 unspecified atom stereocenters. The maximum absolute atomic E-state index is 12.4. The molecular formula is C16H25N3O. The molecule has 110 valence electrons. The number of nitrogen functional groups attached to an aromatic ring is 1. The number of rotatable bonds is 3. The first kappa shape index (κ1) is 14.9. The second-order valence-electron chi connectivity index (χ2n) is 5.90. The van der Waals surface area contributed by atoms with E-state index in [1.54, 1.807) is 0 Å². The number of carbonyl (C=O) groups excluding carboxylic acids is 1. The molecular weight excluding hydrogens is 250 g/mol. The number of nitrogens with two attached hydrogens (primary N) is 1. The van der Waals surface area contributed by atoms with E-state index in [9.17, 15) is 4.79 Å². The van der Waals surface area contributed by atoms with Gasteiger partial charge in [0.1, 0.15) is 0 Å². The first-order chi connectivity index (χ1) is 9.49. The lowest BCUT2D eigenvalue weighted by Crippen LogP contribution is -2.45. The second kappa shape index (κ2) is 6.27. The smallest absolute Gasteiger partial charge is 0.241 e. The predicted octanol–water partition coefficient (Wildman–Crippen LogP) is 2.64. The highest BCUT2D eigenvalue weighted by Gasteiger charge is 2.25. The highest BCUT2D eigenvalue weighted by atomic mass is 16.2. The quantitative estimate of drug-likeness (QED) is 0.834. The van der Waals surface area contributed by atoms with Gasteiger partial charge in [0, 0.05) is 11.4 Å². The van der Waals surface area contributed by atoms with Crippen LogP contribution in [0, 0.1) is 12.8 Å². The van der Waals surface area contributed by atoms with Crippen LogP contribution in [0.3, 0.4) is 0 Å². The van der Waals surface area contributed by atoms with Crippen LogP contribution in [0.1, 0.15) is 32.3 Å². The number of piperidine rings is 1. The molecule has 1 aromatic rings. The maximum atomic E-state index is 12.4. The average molecular weight is 275 g/mol. The summed E-state index contributed by atoms with van der Waals surface area (Å²) in [7, 11) is 0. The Kier molecular flexibility index (Phi) is 4.65. The van der Waals surface area contributed by atoms with Crippen LogP contribution < -0.4 is 11.1 Å². The van der Waals surface area contributed by atoms with Gasteiger partial charge in [-0.3, -0.25) is 9.69 Å². The van der Waals surface area contributed by atoms with E-state index in [2.05, 4.69) is 17.1 Å². The number of likely N-dealkylation sites (tertiary alicyclic amines) is 1. The van der Waals surface area contributed by atoms with Crippen molar-refractivity contribution in [1.82, 2.24) is 4.90 Å². The lowest BCUT2D eigenvalue weighted by molar-refractivity contribution is -0.121. The van der Waals surface area contributed by atoms with Crippen molar-refractivity contribution in [1.29, 1.82) is 0 Å².